The molecule has 7 nitrogen and oxygen atoms in total. The number of carbonyl (C=O) groups excluding carboxylic acids is 2. The number of halogens is 3. The van der Waals surface area contributed by atoms with E-state index in [-0.39, 0.29) is 6.61 Å². The summed E-state index contributed by atoms with van der Waals surface area (Å²) in [5.74, 6) is -2.86. The first-order valence-corrected chi connectivity index (χ1v) is 4.98. The fraction of sp³-hybridized carbons (Fsp3) is 0.333. The van der Waals surface area contributed by atoms with Crippen molar-refractivity contribution in [2.45, 2.75) is 13.1 Å². The minimum Gasteiger partial charge on any atom is -0.459 e. The molecule has 0 radical (unpaired) electrons. The number of esters is 1. The van der Waals surface area contributed by atoms with Crippen molar-refractivity contribution in [3.63, 3.8) is 0 Å². The van der Waals surface area contributed by atoms with E-state index in [2.05, 4.69) is 14.7 Å². The Morgan fingerprint density at radius 2 is 2.11 bits per heavy atom. The number of rotatable bonds is 3. The molecule has 10 heteroatoms. The number of amides is 1. The Kier molecular flexibility index (Phi) is 4.62. The summed E-state index contributed by atoms with van der Waals surface area (Å²) < 4.78 is 41.3. The van der Waals surface area contributed by atoms with Gasteiger partial charge in [0.05, 0.1) is 6.61 Å². The summed E-state index contributed by atoms with van der Waals surface area (Å²) in [6.45, 7) is 1.49. The highest BCUT2D eigenvalue weighted by atomic mass is 19.4. The first kappa shape index (κ1) is 14.7. The number of anilines is 1. The van der Waals surface area contributed by atoms with Crippen molar-refractivity contribution in [3.05, 3.63) is 18.0 Å². The average molecular weight is 278 g/mol. The van der Waals surface area contributed by atoms with Crippen LogP contribution < -0.4 is 10.9 Å². The molecule has 1 aromatic rings. The van der Waals surface area contributed by atoms with Crippen molar-refractivity contribution < 1.29 is 27.5 Å². The standard InChI is InChI=1S/C9H9F3N4O3/c1-2-19-7(18)6(17)15-16-8-13-4-3-5(14-8)9(10,11)12/h3-4H,2H2,1H3,(H,15,17)(H,13,14,16). The topological polar surface area (TPSA) is 93.2 Å². The lowest BCUT2D eigenvalue weighted by Crippen LogP contribution is -2.37. The molecule has 19 heavy (non-hydrogen) atoms. The lowest BCUT2D eigenvalue weighted by atomic mass is 10.4. The first-order valence-electron chi connectivity index (χ1n) is 4.98. The Bertz CT molecular complexity index is 478. The number of ether oxygens (including phenoxy) is 1. The number of aromatic nitrogens is 2. The molecule has 1 amide bonds. The highest BCUT2D eigenvalue weighted by Crippen LogP contribution is 2.27. The van der Waals surface area contributed by atoms with Crippen LogP contribution in [0, 0.1) is 0 Å². The molecule has 0 aromatic carbocycles. The van der Waals surface area contributed by atoms with Gasteiger partial charge in [-0.3, -0.25) is 15.6 Å². The van der Waals surface area contributed by atoms with E-state index in [4.69, 9.17) is 0 Å². The van der Waals surface area contributed by atoms with Gasteiger partial charge >= 0.3 is 18.1 Å². The van der Waals surface area contributed by atoms with Crippen molar-refractivity contribution in [1.29, 1.82) is 0 Å². The van der Waals surface area contributed by atoms with Crippen molar-refractivity contribution in [1.82, 2.24) is 15.4 Å². The summed E-state index contributed by atoms with van der Waals surface area (Å²) in [5.41, 5.74) is 2.60. The van der Waals surface area contributed by atoms with Gasteiger partial charge in [0.1, 0.15) is 5.69 Å². The van der Waals surface area contributed by atoms with E-state index < -0.39 is 29.7 Å². The van der Waals surface area contributed by atoms with Crippen LogP contribution in [0.4, 0.5) is 19.1 Å². The van der Waals surface area contributed by atoms with Gasteiger partial charge in [-0.1, -0.05) is 0 Å². The average Bonchev–Trinajstić information content (AvgIpc) is 2.35. The van der Waals surface area contributed by atoms with Crippen LogP contribution >= 0.6 is 0 Å². The zero-order valence-electron chi connectivity index (χ0n) is 9.61. The lowest BCUT2D eigenvalue weighted by molar-refractivity contribution is -0.154. The van der Waals surface area contributed by atoms with Crippen LogP contribution in [0.15, 0.2) is 12.3 Å². The third kappa shape index (κ3) is 4.41. The monoisotopic (exact) mass is 278 g/mol. The van der Waals surface area contributed by atoms with Gasteiger partial charge < -0.3 is 4.74 Å². The van der Waals surface area contributed by atoms with Crippen LogP contribution in [0.1, 0.15) is 12.6 Å². The Balaban J connectivity index is 2.64. The van der Waals surface area contributed by atoms with Gasteiger partial charge in [-0.2, -0.15) is 13.2 Å². The maximum Gasteiger partial charge on any atom is 0.433 e. The summed E-state index contributed by atoms with van der Waals surface area (Å²) in [4.78, 5) is 28.5. The second kappa shape index (κ2) is 5.98. The number of hydrogen-bond acceptors (Lipinski definition) is 6. The highest BCUT2D eigenvalue weighted by Gasteiger charge is 2.32. The number of hydrazine groups is 1. The van der Waals surface area contributed by atoms with Crippen LogP contribution in [0.2, 0.25) is 0 Å². The predicted octanol–water partition coefficient (Wildman–Crippen LogP) is 0.502. The van der Waals surface area contributed by atoms with E-state index in [1.165, 1.54) is 6.92 Å². The van der Waals surface area contributed by atoms with Crippen LogP contribution in [-0.2, 0) is 20.5 Å². The summed E-state index contributed by atoms with van der Waals surface area (Å²) in [6.07, 6.45) is -3.78. The number of nitrogens with zero attached hydrogens (tertiary/aromatic N) is 2. The fourth-order valence-corrected chi connectivity index (χ4v) is 0.937. The van der Waals surface area contributed by atoms with Gasteiger partial charge in [-0.05, 0) is 13.0 Å². The molecular formula is C9H9F3N4O3. The maximum atomic E-state index is 12.3. The van der Waals surface area contributed by atoms with Gasteiger partial charge in [-0.15, -0.1) is 0 Å². The van der Waals surface area contributed by atoms with E-state index in [0.29, 0.717) is 6.07 Å². The second-order valence-electron chi connectivity index (χ2n) is 3.06. The van der Waals surface area contributed by atoms with E-state index in [1.54, 1.807) is 5.43 Å². The minimum atomic E-state index is -4.63. The fourth-order valence-electron chi connectivity index (χ4n) is 0.937. The Morgan fingerprint density at radius 3 is 2.68 bits per heavy atom. The van der Waals surface area contributed by atoms with Crippen molar-refractivity contribution in [3.8, 4) is 0 Å². The molecule has 104 valence electrons. The van der Waals surface area contributed by atoms with E-state index in [9.17, 15) is 22.8 Å². The molecule has 0 fully saturated rings. The third-order valence-corrected chi connectivity index (χ3v) is 1.69. The highest BCUT2D eigenvalue weighted by molar-refractivity contribution is 6.32. The molecule has 0 aliphatic carbocycles. The largest absolute Gasteiger partial charge is 0.459 e. The molecule has 0 bridgehead atoms. The maximum absolute atomic E-state index is 12.3. The van der Waals surface area contributed by atoms with Gasteiger partial charge in [0.25, 0.3) is 0 Å². The smallest absolute Gasteiger partial charge is 0.433 e. The molecule has 1 rings (SSSR count). The third-order valence-electron chi connectivity index (χ3n) is 1.69. The predicted molar refractivity (Wildman–Crippen MR) is 55.4 cm³/mol. The van der Waals surface area contributed by atoms with Crippen LogP contribution in [0.3, 0.4) is 0 Å². The first-order chi connectivity index (χ1) is 8.84. The second-order valence-corrected chi connectivity index (χ2v) is 3.06. The Labute approximate surface area is 105 Å². The molecule has 0 unspecified atom stereocenters. The quantitative estimate of drug-likeness (QED) is 0.475. The van der Waals surface area contributed by atoms with Gasteiger partial charge in [0.15, 0.2) is 0 Å². The summed E-state index contributed by atoms with van der Waals surface area (Å²) in [6, 6.07) is 0.665. The number of alkyl halides is 3. The molecule has 0 saturated carbocycles. The summed E-state index contributed by atoms with van der Waals surface area (Å²) in [5, 5.41) is 0. The normalized spacial score (nSPS) is 10.7. The van der Waals surface area contributed by atoms with Crippen molar-refractivity contribution in [2.75, 3.05) is 12.0 Å². The Hall–Kier alpha value is -2.39. The van der Waals surface area contributed by atoms with Gasteiger partial charge in [0.2, 0.25) is 5.95 Å². The molecule has 2 N–H and O–H groups in total. The van der Waals surface area contributed by atoms with Crippen LogP contribution in [0.5, 0.6) is 0 Å². The molecule has 0 saturated heterocycles. The van der Waals surface area contributed by atoms with Crippen molar-refractivity contribution in [2.24, 2.45) is 0 Å². The SMILES string of the molecule is CCOC(=O)C(=O)NNc1nccc(C(F)(F)F)n1. The number of hydrogen-bond donors (Lipinski definition) is 2. The van der Waals surface area contributed by atoms with E-state index in [0.717, 1.165) is 6.20 Å². The van der Waals surface area contributed by atoms with E-state index in [1.807, 2.05) is 5.43 Å². The van der Waals surface area contributed by atoms with Crippen molar-refractivity contribution >= 4 is 17.8 Å². The van der Waals surface area contributed by atoms with E-state index >= 15 is 0 Å². The molecular weight excluding hydrogens is 269 g/mol. The number of nitrogens with one attached hydrogen (secondary N) is 2. The minimum absolute atomic E-state index is 0.00763. The van der Waals surface area contributed by atoms with Gasteiger partial charge in [-0.25, -0.2) is 14.8 Å². The molecule has 0 aliphatic rings. The molecule has 1 heterocycles. The van der Waals surface area contributed by atoms with Crippen LogP contribution in [-0.4, -0.2) is 28.5 Å². The molecule has 1 aromatic heterocycles. The summed E-state index contributed by atoms with van der Waals surface area (Å²) >= 11 is 0. The zero-order valence-corrected chi connectivity index (χ0v) is 9.61. The summed E-state index contributed by atoms with van der Waals surface area (Å²) in [7, 11) is 0. The molecule has 0 aliphatic heterocycles. The lowest BCUT2D eigenvalue weighted by Gasteiger charge is -2.09. The molecule has 0 spiro atoms. The Morgan fingerprint density at radius 1 is 1.42 bits per heavy atom. The van der Waals surface area contributed by atoms with Gasteiger partial charge in [0, 0.05) is 6.20 Å². The zero-order chi connectivity index (χ0) is 14.5. The molecule has 0 atom stereocenters. The number of carbonyl (C=O) groups is 2. The van der Waals surface area contributed by atoms with Crippen LogP contribution in [0.25, 0.3) is 0 Å².